The zero-order chi connectivity index (χ0) is 20.8. The summed E-state index contributed by atoms with van der Waals surface area (Å²) < 4.78 is 10.7. The third-order valence-corrected chi connectivity index (χ3v) is 5.47. The van der Waals surface area contributed by atoms with Gasteiger partial charge in [-0.25, -0.2) is 0 Å². The highest BCUT2D eigenvalue weighted by atomic mass is 32.2. The van der Waals surface area contributed by atoms with Crippen LogP contribution in [0.15, 0.2) is 53.6 Å². The van der Waals surface area contributed by atoms with Crippen LogP contribution < -0.4 is 14.8 Å². The van der Waals surface area contributed by atoms with E-state index in [-0.39, 0.29) is 11.7 Å². The van der Waals surface area contributed by atoms with E-state index in [1.54, 1.807) is 14.2 Å². The number of hydrogen-bond acceptors (Lipinski definition) is 6. The number of methoxy groups -OCH3 is 2. The number of rotatable bonds is 7. The van der Waals surface area contributed by atoms with Crippen LogP contribution in [0.5, 0.6) is 11.5 Å². The first-order valence-electron chi connectivity index (χ1n) is 9.07. The first-order valence-corrected chi connectivity index (χ1v) is 10.1. The molecule has 2 aromatic carbocycles. The monoisotopic (exact) mass is 409 g/mol. The maximum absolute atomic E-state index is 12.3. The van der Waals surface area contributed by atoms with Crippen LogP contribution >= 0.6 is 11.8 Å². The Morgan fingerprint density at radius 3 is 2.55 bits per heavy atom. The molecule has 0 aliphatic carbocycles. The van der Waals surface area contributed by atoms with Crippen molar-refractivity contribution in [3.05, 3.63) is 59.7 Å². The molecule has 6 nitrogen and oxygen atoms in total. The number of aromatic nitrogens is 2. The summed E-state index contributed by atoms with van der Waals surface area (Å²) in [6.07, 6.45) is 0. The molecular formula is C22H23N3O3S. The lowest BCUT2D eigenvalue weighted by Crippen LogP contribution is -2.15. The minimum atomic E-state index is -0.0796. The standard InChI is InChI=1S/C22H23N3O3S/c1-14-6-5-7-18(15(14)2)23-21(26)13-29-22-11-9-19(24-25-22)17-12-16(27-3)8-10-20(17)28-4/h5-12H,13H2,1-4H3,(H,23,26). The summed E-state index contributed by atoms with van der Waals surface area (Å²) in [5.41, 5.74) is 4.52. The fraction of sp³-hybridized carbons (Fsp3) is 0.227. The summed E-state index contributed by atoms with van der Waals surface area (Å²) in [5, 5.41) is 12.1. The Labute approximate surface area is 174 Å². The van der Waals surface area contributed by atoms with Crippen LogP contribution in [-0.4, -0.2) is 36.1 Å². The number of aryl methyl sites for hydroxylation is 1. The molecule has 0 saturated heterocycles. The Balaban J connectivity index is 1.65. The molecule has 0 unspecified atom stereocenters. The van der Waals surface area contributed by atoms with Crippen molar-refractivity contribution in [3.8, 4) is 22.8 Å². The smallest absolute Gasteiger partial charge is 0.234 e. The van der Waals surface area contributed by atoms with Gasteiger partial charge in [-0.2, -0.15) is 0 Å². The van der Waals surface area contributed by atoms with Crippen LogP contribution in [0, 0.1) is 13.8 Å². The first kappa shape index (κ1) is 20.7. The number of carbonyl (C=O) groups is 1. The van der Waals surface area contributed by atoms with Crippen LogP contribution in [0.2, 0.25) is 0 Å². The van der Waals surface area contributed by atoms with Crippen molar-refractivity contribution in [2.45, 2.75) is 18.9 Å². The SMILES string of the molecule is COc1ccc(OC)c(-c2ccc(SCC(=O)Nc3cccc(C)c3C)nn2)c1. The highest BCUT2D eigenvalue weighted by molar-refractivity contribution is 7.99. The number of benzene rings is 2. The topological polar surface area (TPSA) is 73.3 Å². The Morgan fingerprint density at radius 2 is 1.86 bits per heavy atom. The number of nitrogens with one attached hydrogen (secondary N) is 1. The molecule has 0 aliphatic heterocycles. The fourth-order valence-electron chi connectivity index (χ4n) is 2.77. The van der Waals surface area contributed by atoms with E-state index in [2.05, 4.69) is 15.5 Å². The van der Waals surface area contributed by atoms with Crippen LogP contribution in [0.25, 0.3) is 11.3 Å². The molecule has 3 aromatic rings. The average molecular weight is 410 g/mol. The molecule has 1 heterocycles. The Bertz CT molecular complexity index is 1010. The molecule has 3 rings (SSSR count). The predicted molar refractivity (Wildman–Crippen MR) is 116 cm³/mol. The number of amides is 1. The van der Waals surface area contributed by atoms with Gasteiger partial charge in [-0.05, 0) is 61.4 Å². The van der Waals surface area contributed by atoms with Gasteiger partial charge in [-0.15, -0.1) is 10.2 Å². The third-order valence-electron chi connectivity index (χ3n) is 4.55. The average Bonchev–Trinajstić information content (AvgIpc) is 2.75. The van der Waals surface area contributed by atoms with E-state index in [0.717, 1.165) is 22.4 Å². The minimum Gasteiger partial charge on any atom is -0.497 e. The van der Waals surface area contributed by atoms with Gasteiger partial charge in [-0.1, -0.05) is 23.9 Å². The Kier molecular flexibility index (Phi) is 6.72. The molecule has 0 spiro atoms. The summed E-state index contributed by atoms with van der Waals surface area (Å²) in [5.74, 6) is 1.57. The van der Waals surface area contributed by atoms with Gasteiger partial charge in [0.25, 0.3) is 0 Å². The normalized spacial score (nSPS) is 10.5. The number of nitrogens with zero attached hydrogens (tertiary/aromatic N) is 2. The highest BCUT2D eigenvalue weighted by Crippen LogP contribution is 2.32. The van der Waals surface area contributed by atoms with Crippen LogP contribution in [0.1, 0.15) is 11.1 Å². The third kappa shape index (κ3) is 5.06. The van der Waals surface area contributed by atoms with Gasteiger partial charge in [-0.3, -0.25) is 4.79 Å². The van der Waals surface area contributed by atoms with E-state index in [4.69, 9.17) is 9.47 Å². The van der Waals surface area contributed by atoms with Crippen molar-refractivity contribution in [1.82, 2.24) is 10.2 Å². The van der Waals surface area contributed by atoms with E-state index in [9.17, 15) is 4.79 Å². The quantitative estimate of drug-likeness (QED) is 0.579. The number of ether oxygens (including phenoxy) is 2. The molecule has 29 heavy (non-hydrogen) atoms. The molecule has 150 valence electrons. The first-order chi connectivity index (χ1) is 14.0. The molecule has 0 atom stereocenters. The van der Waals surface area contributed by atoms with Gasteiger partial charge < -0.3 is 14.8 Å². The summed E-state index contributed by atoms with van der Waals surface area (Å²) in [6.45, 7) is 4.02. The van der Waals surface area contributed by atoms with Crippen molar-refractivity contribution < 1.29 is 14.3 Å². The van der Waals surface area contributed by atoms with Gasteiger partial charge >= 0.3 is 0 Å². The van der Waals surface area contributed by atoms with Gasteiger partial charge in [0, 0.05) is 11.3 Å². The Morgan fingerprint density at radius 1 is 1.03 bits per heavy atom. The number of hydrogen-bond donors (Lipinski definition) is 1. The molecule has 7 heteroatoms. The largest absolute Gasteiger partial charge is 0.497 e. The Hall–Kier alpha value is -3.06. The predicted octanol–water partition coefficient (Wildman–Crippen LogP) is 4.51. The molecule has 0 bridgehead atoms. The molecule has 0 saturated carbocycles. The summed E-state index contributed by atoms with van der Waals surface area (Å²) in [7, 11) is 3.22. The van der Waals surface area contributed by atoms with Crippen molar-refractivity contribution >= 4 is 23.4 Å². The van der Waals surface area contributed by atoms with Crippen molar-refractivity contribution in [2.75, 3.05) is 25.3 Å². The van der Waals surface area contributed by atoms with Gasteiger partial charge in [0.15, 0.2) is 0 Å². The van der Waals surface area contributed by atoms with Crippen molar-refractivity contribution in [1.29, 1.82) is 0 Å². The minimum absolute atomic E-state index is 0.0796. The summed E-state index contributed by atoms with van der Waals surface area (Å²) in [6, 6.07) is 15.1. The summed E-state index contributed by atoms with van der Waals surface area (Å²) in [4.78, 5) is 12.3. The van der Waals surface area contributed by atoms with E-state index in [1.807, 2.05) is 62.4 Å². The van der Waals surface area contributed by atoms with Gasteiger partial charge in [0.05, 0.1) is 25.7 Å². The van der Waals surface area contributed by atoms with E-state index in [1.165, 1.54) is 11.8 Å². The second-order valence-electron chi connectivity index (χ2n) is 6.41. The molecule has 0 radical (unpaired) electrons. The molecule has 1 aromatic heterocycles. The zero-order valence-corrected chi connectivity index (χ0v) is 17.7. The van der Waals surface area contributed by atoms with E-state index < -0.39 is 0 Å². The molecule has 1 amide bonds. The lowest BCUT2D eigenvalue weighted by atomic mass is 10.1. The van der Waals surface area contributed by atoms with Gasteiger partial charge in [0.1, 0.15) is 16.5 Å². The maximum Gasteiger partial charge on any atom is 0.234 e. The zero-order valence-electron chi connectivity index (χ0n) is 16.9. The molecule has 0 aliphatic rings. The fourth-order valence-corrected chi connectivity index (χ4v) is 3.38. The lowest BCUT2D eigenvalue weighted by molar-refractivity contribution is -0.113. The molecule has 0 fully saturated rings. The molecule has 1 N–H and O–H groups in total. The second-order valence-corrected chi connectivity index (χ2v) is 7.40. The van der Waals surface area contributed by atoms with Crippen molar-refractivity contribution in [3.63, 3.8) is 0 Å². The van der Waals surface area contributed by atoms with Crippen LogP contribution in [-0.2, 0) is 4.79 Å². The van der Waals surface area contributed by atoms with E-state index in [0.29, 0.717) is 22.2 Å². The van der Waals surface area contributed by atoms with E-state index >= 15 is 0 Å². The number of carbonyl (C=O) groups excluding carboxylic acids is 1. The summed E-state index contributed by atoms with van der Waals surface area (Å²) >= 11 is 1.34. The van der Waals surface area contributed by atoms with Crippen molar-refractivity contribution in [2.24, 2.45) is 0 Å². The van der Waals surface area contributed by atoms with Crippen LogP contribution in [0.3, 0.4) is 0 Å². The van der Waals surface area contributed by atoms with Crippen LogP contribution in [0.4, 0.5) is 5.69 Å². The number of thioether (sulfide) groups is 1. The molecular weight excluding hydrogens is 386 g/mol. The second kappa shape index (κ2) is 9.43. The lowest BCUT2D eigenvalue weighted by Gasteiger charge is -2.11. The highest BCUT2D eigenvalue weighted by Gasteiger charge is 2.11. The number of anilines is 1. The maximum atomic E-state index is 12.3. The van der Waals surface area contributed by atoms with Gasteiger partial charge in [0.2, 0.25) is 5.91 Å².